The fourth-order valence-corrected chi connectivity index (χ4v) is 3.50. The van der Waals surface area contributed by atoms with E-state index in [2.05, 4.69) is 5.16 Å². The molecule has 1 N–H and O–H groups in total. The van der Waals surface area contributed by atoms with Gasteiger partial charge in [-0.05, 0) is 25.2 Å². The molecule has 0 aromatic heterocycles. The summed E-state index contributed by atoms with van der Waals surface area (Å²) < 4.78 is 0. The lowest BCUT2D eigenvalue weighted by molar-refractivity contribution is -0.143. The zero-order valence-electron chi connectivity index (χ0n) is 10.7. The van der Waals surface area contributed by atoms with Gasteiger partial charge in [-0.15, -0.1) is 0 Å². The Hall–Kier alpha value is -1.59. The van der Waals surface area contributed by atoms with Crippen LogP contribution >= 0.6 is 0 Å². The van der Waals surface area contributed by atoms with Gasteiger partial charge in [-0.25, -0.2) is 4.79 Å². The van der Waals surface area contributed by atoms with E-state index in [-0.39, 0.29) is 18.0 Å². The van der Waals surface area contributed by atoms with Gasteiger partial charge in [-0.1, -0.05) is 18.0 Å². The topological polar surface area (TPSA) is 79.2 Å². The van der Waals surface area contributed by atoms with E-state index in [0.29, 0.717) is 12.0 Å². The number of rotatable bonds is 2. The van der Waals surface area contributed by atoms with Crippen molar-refractivity contribution in [3.05, 3.63) is 0 Å². The average molecular weight is 266 g/mol. The van der Waals surface area contributed by atoms with Crippen LogP contribution in [-0.4, -0.2) is 46.3 Å². The minimum absolute atomic E-state index is 0.0576. The molecule has 1 saturated heterocycles. The Morgan fingerprint density at radius 3 is 2.79 bits per heavy atom. The molecular formula is C13H18N2O4. The molecule has 0 aromatic carbocycles. The summed E-state index contributed by atoms with van der Waals surface area (Å²) in [5, 5.41) is 12.3. The van der Waals surface area contributed by atoms with Gasteiger partial charge in [0.25, 0.3) is 5.91 Å². The number of fused-ring (bicyclic) bond motifs is 1. The molecule has 104 valence electrons. The van der Waals surface area contributed by atoms with Crippen LogP contribution in [0, 0.1) is 5.92 Å². The summed E-state index contributed by atoms with van der Waals surface area (Å²) >= 11 is 0. The van der Waals surface area contributed by atoms with Crippen LogP contribution in [0.25, 0.3) is 0 Å². The first kappa shape index (κ1) is 12.4. The number of amides is 1. The summed E-state index contributed by atoms with van der Waals surface area (Å²) in [6.07, 6.45) is 5.12. The first-order chi connectivity index (χ1) is 9.16. The van der Waals surface area contributed by atoms with Crippen LogP contribution in [0.3, 0.4) is 0 Å². The van der Waals surface area contributed by atoms with E-state index in [0.717, 1.165) is 19.4 Å². The molecular weight excluding hydrogens is 248 g/mol. The number of oxime groups is 1. The Bertz CT molecular complexity index is 434. The lowest BCUT2D eigenvalue weighted by atomic mass is 9.85. The van der Waals surface area contributed by atoms with E-state index in [9.17, 15) is 9.59 Å². The van der Waals surface area contributed by atoms with E-state index in [1.54, 1.807) is 0 Å². The van der Waals surface area contributed by atoms with Crippen LogP contribution in [0.4, 0.5) is 0 Å². The number of carbonyl (C=O) groups is 2. The third-order valence-electron chi connectivity index (χ3n) is 4.48. The molecule has 2 aliphatic heterocycles. The Morgan fingerprint density at radius 1 is 1.26 bits per heavy atom. The second-order valence-corrected chi connectivity index (χ2v) is 5.57. The zero-order valence-corrected chi connectivity index (χ0v) is 10.7. The standard InChI is InChI=1S/C13H18N2O4/c16-12(11-7-9(13(17)18)14-19-11)15-6-5-8-3-1-2-4-10(8)15/h8,10-11H,1-7H2,(H,17,18). The van der Waals surface area contributed by atoms with E-state index in [1.807, 2.05) is 4.90 Å². The van der Waals surface area contributed by atoms with Crippen molar-refractivity contribution < 1.29 is 19.5 Å². The predicted molar refractivity (Wildman–Crippen MR) is 66.6 cm³/mol. The van der Waals surface area contributed by atoms with E-state index < -0.39 is 12.1 Å². The lowest BCUT2D eigenvalue weighted by Gasteiger charge is -2.32. The highest BCUT2D eigenvalue weighted by atomic mass is 16.6. The summed E-state index contributed by atoms with van der Waals surface area (Å²) in [5.41, 5.74) is -0.0576. The van der Waals surface area contributed by atoms with Gasteiger partial charge in [0, 0.05) is 19.0 Å². The second-order valence-electron chi connectivity index (χ2n) is 5.57. The molecule has 1 saturated carbocycles. The van der Waals surface area contributed by atoms with Crippen molar-refractivity contribution in [2.45, 2.75) is 50.7 Å². The Morgan fingerprint density at radius 2 is 2.05 bits per heavy atom. The quantitative estimate of drug-likeness (QED) is 0.809. The normalized spacial score (nSPS) is 33.6. The predicted octanol–water partition coefficient (Wildman–Crippen LogP) is 1.01. The van der Waals surface area contributed by atoms with Crippen LogP contribution in [0.1, 0.15) is 38.5 Å². The third kappa shape index (κ3) is 2.19. The first-order valence-corrected chi connectivity index (χ1v) is 6.93. The maximum atomic E-state index is 12.4. The number of hydrogen-bond donors (Lipinski definition) is 1. The number of carbonyl (C=O) groups excluding carboxylic acids is 1. The molecule has 3 atom stereocenters. The molecule has 0 spiro atoms. The first-order valence-electron chi connectivity index (χ1n) is 6.93. The molecule has 2 fully saturated rings. The van der Waals surface area contributed by atoms with Crippen molar-refractivity contribution in [3.63, 3.8) is 0 Å². The van der Waals surface area contributed by atoms with Gasteiger partial charge in [0.05, 0.1) is 0 Å². The molecule has 0 bridgehead atoms. The van der Waals surface area contributed by atoms with Crippen LogP contribution in [-0.2, 0) is 14.4 Å². The van der Waals surface area contributed by atoms with Crippen molar-refractivity contribution in [2.75, 3.05) is 6.54 Å². The van der Waals surface area contributed by atoms with Gasteiger partial charge in [0.2, 0.25) is 6.10 Å². The monoisotopic (exact) mass is 266 g/mol. The summed E-state index contributed by atoms with van der Waals surface area (Å²) in [7, 11) is 0. The van der Waals surface area contributed by atoms with Crippen LogP contribution in [0.5, 0.6) is 0 Å². The summed E-state index contributed by atoms with van der Waals surface area (Å²) in [6, 6.07) is 0.332. The van der Waals surface area contributed by atoms with Crippen molar-refractivity contribution >= 4 is 17.6 Å². The van der Waals surface area contributed by atoms with Crippen molar-refractivity contribution in [3.8, 4) is 0 Å². The lowest BCUT2D eigenvalue weighted by Crippen LogP contribution is -2.44. The number of carboxylic acid groups (broad SMARTS) is 1. The molecule has 3 aliphatic rings. The van der Waals surface area contributed by atoms with Crippen molar-refractivity contribution in [2.24, 2.45) is 11.1 Å². The number of hydrogen-bond acceptors (Lipinski definition) is 4. The van der Waals surface area contributed by atoms with Gasteiger partial charge < -0.3 is 14.8 Å². The maximum Gasteiger partial charge on any atom is 0.353 e. The van der Waals surface area contributed by atoms with Crippen LogP contribution in [0.15, 0.2) is 5.16 Å². The molecule has 2 heterocycles. The highest BCUT2D eigenvalue weighted by Crippen LogP contribution is 2.36. The third-order valence-corrected chi connectivity index (χ3v) is 4.48. The Kier molecular flexibility index (Phi) is 3.16. The van der Waals surface area contributed by atoms with Crippen molar-refractivity contribution in [1.82, 2.24) is 4.90 Å². The summed E-state index contributed by atoms with van der Waals surface area (Å²) in [4.78, 5) is 30.1. The fraction of sp³-hybridized carbons (Fsp3) is 0.769. The number of carboxylic acids is 1. The molecule has 3 rings (SSSR count). The van der Waals surface area contributed by atoms with Crippen LogP contribution in [0.2, 0.25) is 0 Å². The molecule has 19 heavy (non-hydrogen) atoms. The molecule has 0 radical (unpaired) electrons. The Balaban J connectivity index is 1.64. The highest BCUT2D eigenvalue weighted by molar-refractivity contribution is 6.36. The van der Waals surface area contributed by atoms with Gasteiger partial charge in [0.1, 0.15) is 0 Å². The minimum atomic E-state index is -1.10. The molecule has 3 unspecified atom stereocenters. The molecule has 0 aromatic rings. The summed E-state index contributed by atoms with van der Waals surface area (Å²) in [6.45, 7) is 0.774. The summed E-state index contributed by atoms with van der Waals surface area (Å²) in [5.74, 6) is -0.569. The van der Waals surface area contributed by atoms with Gasteiger partial charge in [-0.3, -0.25) is 4.79 Å². The second kappa shape index (κ2) is 4.83. The SMILES string of the molecule is O=C(O)C1=NOC(C(=O)N2CCC3CCCCC32)C1. The number of nitrogens with zero attached hydrogens (tertiary/aromatic N) is 2. The number of aliphatic carboxylic acids is 1. The maximum absolute atomic E-state index is 12.4. The van der Waals surface area contributed by atoms with Crippen LogP contribution < -0.4 is 0 Å². The molecule has 1 amide bonds. The fourth-order valence-electron chi connectivity index (χ4n) is 3.50. The molecule has 1 aliphatic carbocycles. The van der Waals surface area contributed by atoms with E-state index in [4.69, 9.17) is 9.94 Å². The molecule has 6 nitrogen and oxygen atoms in total. The van der Waals surface area contributed by atoms with Gasteiger partial charge in [-0.2, -0.15) is 0 Å². The Labute approximate surface area is 111 Å². The van der Waals surface area contributed by atoms with Crippen molar-refractivity contribution in [1.29, 1.82) is 0 Å². The van der Waals surface area contributed by atoms with E-state index >= 15 is 0 Å². The largest absolute Gasteiger partial charge is 0.477 e. The zero-order chi connectivity index (χ0) is 13.4. The average Bonchev–Trinajstić information content (AvgIpc) is 3.05. The van der Waals surface area contributed by atoms with E-state index in [1.165, 1.54) is 19.3 Å². The van der Waals surface area contributed by atoms with Gasteiger partial charge >= 0.3 is 5.97 Å². The molecule has 6 heteroatoms. The smallest absolute Gasteiger partial charge is 0.353 e. The number of likely N-dealkylation sites (tertiary alicyclic amines) is 1. The minimum Gasteiger partial charge on any atom is -0.477 e. The van der Waals surface area contributed by atoms with Gasteiger partial charge in [0.15, 0.2) is 5.71 Å². The highest BCUT2D eigenvalue weighted by Gasteiger charge is 2.42.